The Labute approximate surface area is 104 Å². The Kier molecular flexibility index (Phi) is 3.23. The van der Waals surface area contributed by atoms with Crippen LogP contribution < -0.4 is 10.5 Å². The second kappa shape index (κ2) is 4.83. The molecule has 0 radical (unpaired) electrons. The van der Waals surface area contributed by atoms with Crippen molar-refractivity contribution in [2.75, 3.05) is 0 Å². The fraction of sp³-hybridized carbons (Fsp3) is 0.0769. The molecule has 1 heterocycles. The molecule has 0 saturated carbocycles. The van der Waals surface area contributed by atoms with Crippen molar-refractivity contribution in [1.82, 2.24) is 4.98 Å². The van der Waals surface area contributed by atoms with E-state index in [1.54, 1.807) is 31.2 Å². The van der Waals surface area contributed by atoms with E-state index in [1.807, 2.05) is 0 Å². The van der Waals surface area contributed by atoms with Crippen LogP contribution in [0.4, 0.5) is 4.39 Å². The average Bonchev–Trinajstić information content (AvgIpc) is 2.34. The molecule has 2 aromatic rings. The molecule has 0 unspecified atom stereocenters. The fourth-order valence-electron chi connectivity index (χ4n) is 1.42. The summed E-state index contributed by atoms with van der Waals surface area (Å²) in [6.07, 6.45) is 1.47. The van der Waals surface area contributed by atoms with Crippen LogP contribution in [0.25, 0.3) is 0 Å². The number of halogens is 1. The van der Waals surface area contributed by atoms with Gasteiger partial charge in [0.15, 0.2) is 0 Å². The zero-order valence-electron chi connectivity index (χ0n) is 9.77. The van der Waals surface area contributed by atoms with Gasteiger partial charge in [0.2, 0.25) is 0 Å². The maximum Gasteiger partial charge on any atom is 0.145 e. The monoisotopic (exact) mass is 245 g/mol. The van der Waals surface area contributed by atoms with Gasteiger partial charge in [0.1, 0.15) is 28.8 Å². The highest BCUT2D eigenvalue weighted by Crippen LogP contribution is 2.22. The number of nitrogens with zero attached hydrogens (tertiary/aromatic N) is 1. The molecule has 0 aliphatic heterocycles. The Morgan fingerprint density at radius 1 is 1.28 bits per heavy atom. The summed E-state index contributed by atoms with van der Waals surface area (Å²) in [6.45, 7) is 1.67. The second-order valence-electron chi connectivity index (χ2n) is 3.81. The van der Waals surface area contributed by atoms with E-state index in [-0.39, 0.29) is 11.7 Å². The van der Waals surface area contributed by atoms with Crippen molar-refractivity contribution in [3.63, 3.8) is 0 Å². The largest absolute Gasteiger partial charge is 0.456 e. The van der Waals surface area contributed by atoms with E-state index in [9.17, 15) is 4.39 Å². The minimum Gasteiger partial charge on any atom is -0.456 e. The van der Waals surface area contributed by atoms with E-state index in [0.29, 0.717) is 22.8 Å². The van der Waals surface area contributed by atoms with Crippen LogP contribution in [0.15, 0.2) is 36.5 Å². The molecule has 1 aromatic heterocycles. The number of nitrogens with one attached hydrogen (secondary N) is 1. The Hall–Kier alpha value is -2.43. The predicted octanol–water partition coefficient (Wildman–Crippen LogP) is 2.61. The number of amidine groups is 1. The highest BCUT2D eigenvalue weighted by atomic mass is 19.1. The highest BCUT2D eigenvalue weighted by Gasteiger charge is 2.03. The van der Waals surface area contributed by atoms with E-state index in [4.69, 9.17) is 15.9 Å². The van der Waals surface area contributed by atoms with Gasteiger partial charge in [-0.2, -0.15) is 0 Å². The van der Waals surface area contributed by atoms with Gasteiger partial charge in [-0.15, -0.1) is 0 Å². The molecule has 0 spiro atoms. The number of nitrogens with two attached hydrogens (primary N) is 1. The topological polar surface area (TPSA) is 72.0 Å². The number of rotatable bonds is 3. The van der Waals surface area contributed by atoms with Gasteiger partial charge in [-0.05, 0) is 42.8 Å². The summed E-state index contributed by atoms with van der Waals surface area (Å²) in [4.78, 5) is 3.97. The number of aromatic nitrogens is 1. The number of pyridine rings is 1. The van der Waals surface area contributed by atoms with Crippen LogP contribution in [0.1, 0.15) is 11.3 Å². The van der Waals surface area contributed by atoms with Crippen molar-refractivity contribution >= 4 is 5.84 Å². The lowest BCUT2D eigenvalue weighted by molar-refractivity contribution is 0.477. The summed E-state index contributed by atoms with van der Waals surface area (Å²) in [5.41, 5.74) is 6.19. The third-order valence-corrected chi connectivity index (χ3v) is 2.38. The number of ether oxygens (including phenoxy) is 1. The van der Waals surface area contributed by atoms with Crippen LogP contribution >= 0.6 is 0 Å². The molecule has 1 aromatic carbocycles. The molecule has 0 aliphatic carbocycles. The number of nitrogen functional groups attached to an aromatic ring is 1. The van der Waals surface area contributed by atoms with Crippen LogP contribution in [0.3, 0.4) is 0 Å². The number of aryl methyl sites for hydroxylation is 1. The molecule has 92 valence electrons. The van der Waals surface area contributed by atoms with E-state index in [0.717, 1.165) is 0 Å². The Morgan fingerprint density at radius 2 is 2.00 bits per heavy atom. The van der Waals surface area contributed by atoms with Crippen molar-refractivity contribution in [2.24, 2.45) is 5.73 Å². The van der Waals surface area contributed by atoms with Crippen LogP contribution in [0.2, 0.25) is 0 Å². The van der Waals surface area contributed by atoms with Crippen LogP contribution in [0, 0.1) is 18.2 Å². The first-order chi connectivity index (χ1) is 8.56. The molecule has 18 heavy (non-hydrogen) atoms. The fourth-order valence-corrected chi connectivity index (χ4v) is 1.42. The quantitative estimate of drug-likeness (QED) is 0.645. The van der Waals surface area contributed by atoms with E-state index in [1.165, 1.54) is 12.3 Å². The lowest BCUT2D eigenvalue weighted by Crippen LogP contribution is -2.12. The Balaban J connectivity index is 2.18. The van der Waals surface area contributed by atoms with Crippen molar-refractivity contribution < 1.29 is 9.13 Å². The van der Waals surface area contributed by atoms with E-state index < -0.39 is 0 Å². The Bertz CT molecular complexity index is 581. The molecule has 4 nitrogen and oxygen atoms in total. The van der Waals surface area contributed by atoms with Crippen LogP contribution in [0.5, 0.6) is 11.5 Å². The molecular formula is C13H12FN3O. The first kappa shape index (κ1) is 12.0. The van der Waals surface area contributed by atoms with Crippen LogP contribution in [-0.4, -0.2) is 10.8 Å². The minimum absolute atomic E-state index is 0.0980. The van der Waals surface area contributed by atoms with Gasteiger partial charge in [0.05, 0.1) is 6.20 Å². The SMILES string of the molecule is Cc1cc(Oc2ccc(C(=N)N)nc2)ccc1F. The van der Waals surface area contributed by atoms with Gasteiger partial charge in [-0.1, -0.05) is 0 Å². The lowest BCUT2D eigenvalue weighted by Gasteiger charge is -2.07. The maximum absolute atomic E-state index is 13.1. The first-order valence-corrected chi connectivity index (χ1v) is 5.31. The molecule has 3 N–H and O–H groups in total. The lowest BCUT2D eigenvalue weighted by atomic mass is 10.2. The van der Waals surface area contributed by atoms with Gasteiger partial charge in [0, 0.05) is 0 Å². The number of benzene rings is 1. The van der Waals surface area contributed by atoms with Gasteiger partial charge in [-0.3, -0.25) is 5.41 Å². The Morgan fingerprint density at radius 3 is 2.56 bits per heavy atom. The molecular weight excluding hydrogens is 233 g/mol. The summed E-state index contributed by atoms with van der Waals surface area (Å²) in [5.74, 6) is 0.670. The number of hydrogen-bond acceptors (Lipinski definition) is 3. The summed E-state index contributed by atoms with van der Waals surface area (Å²) in [5, 5.41) is 7.21. The summed E-state index contributed by atoms with van der Waals surface area (Å²) in [7, 11) is 0. The van der Waals surface area contributed by atoms with Crippen molar-refractivity contribution in [3.8, 4) is 11.5 Å². The zero-order valence-corrected chi connectivity index (χ0v) is 9.77. The molecule has 0 fully saturated rings. The molecule has 0 amide bonds. The van der Waals surface area contributed by atoms with Gasteiger partial charge in [-0.25, -0.2) is 9.37 Å². The molecule has 2 rings (SSSR count). The molecule has 0 aliphatic rings. The normalized spacial score (nSPS) is 10.1. The van der Waals surface area contributed by atoms with Gasteiger partial charge in [0.25, 0.3) is 0 Å². The summed E-state index contributed by atoms with van der Waals surface area (Å²) < 4.78 is 18.6. The predicted molar refractivity (Wildman–Crippen MR) is 66.5 cm³/mol. The zero-order chi connectivity index (χ0) is 13.1. The van der Waals surface area contributed by atoms with Crippen molar-refractivity contribution in [3.05, 3.63) is 53.6 Å². The summed E-state index contributed by atoms with van der Waals surface area (Å²) in [6, 6.07) is 7.74. The standard InChI is InChI=1S/C13H12FN3O/c1-8-6-9(2-4-11(8)14)18-10-3-5-12(13(15)16)17-7-10/h2-7H,1H3,(H3,15,16). The first-order valence-electron chi connectivity index (χ1n) is 5.31. The van der Waals surface area contributed by atoms with Gasteiger partial charge >= 0.3 is 0 Å². The third kappa shape index (κ3) is 2.63. The third-order valence-electron chi connectivity index (χ3n) is 2.38. The highest BCUT2D eigenvalue weighted by molar-refractivity contribution is 5.92. The van der Waals surface area contributed by atoms with Crippen molar-refractivity contribution in [1.29, 1.82) is 5.41 Å². The maximum atomic E-state index is 13.1. The smallest absolute Gasteiger partial charge is 0.145 e. The van der Waals surface area contributed by atoms with E-state index in [2.05, 4.69) is 4.98 Å². The summed E-state index contributed by atoms with van der Waals surface area (Å²) >= 11 is 0. The van der Waals surface area contributed by atoms with Gasteiger partial charge < -0.3 is 10.5 Å². The second-order valence-corrected chi connectivity index (χ2v) is 3.81. The average molecular weight is 245 g/mol. The van der Waals surface area contributed by atoms with E-state index >= 15 is 0 Å². The molecule has 0 atom stereocenters. The van der Waals surface area contributed by atoms with Crippen molar-refractivity contribution in [2.45, 2.75) is 6.92 Å². The molecule has 5 heteroatoms. The minimum atomic E-state index is -0.271. The number of hydrogen-bond donors (Lipinski definition) is 2. The van der Waals surface area contributed by atoms with Crippen LogP contribution in [-0.2, 0) is 0 Å². The molecule has 0 bridgehead atoms. The molecule has 0 saturated heterocycles.